The van der Waals surface area contributed by atoms with Gasteiger partial charge in [-0.3, -0.25) is 14.7 Å². The van der Waals surface area contributed by atoms with Gasteiger partial charge in [0.25, 0.3) is 0 Å². The fourth-order valence-electron chi connectivity index (χ4n) is 3.61. The van der Waals surface area contributed by atoms with Crippen molar-refractivity contribution in [2.75, 3.05) is 10.6 Å². The van der Waals surface area contributed by atoms with Crippen molar-refractivity contribution in [1.29, 1.82) is 0 Å². The molecular formula is C19H20FN5O3. The Bertz CT molecular complexity index is 951. The number of aromatic nitrogens is 2. The highest BCUT2D eigenvalue weighted by Gasteiger charge is 2.54. The lowest BCUT2D eigenvalue weighted by molar-refractivity contribution is -0.122. The molecule has 2 aromatic heterocycles. The highest BCUT2D eigenvalue weighted by Crippen LogP contribution is 2.48. The maximum absolute atomic E-state index is 13.3. The molecule has 3 atom stereocenters. The summed E-state index contributed by atoms with van der Waals surface area (Å²) >= 11 is 0. The number of ether oxygens (including phenoxy) is 1. The molecule has 0 radical (unpaired) electrons. The first-order valence-electron chi connectivity index (χ1n) is 8.98. The summed E-state index contributed by atoms with van der Waals surface area (Å²) in [6.07, 6.45) is 3.69. The van der Waals surface area contributed by atoms with Gasteiger partial charge in [-0.2, -0.15) is 4.39 Å². The minimum Gasteiger partial charge on any atom is -0.342 e. The number of nitrogens with zero attached hydrogens (tertiary/aromatic N) is 3. The molecule has 0 saturated carbocycles. The van der Waals surface area contributed by atoms with Gasteiger partial charge in [-0.05, 0) is 24.5 Å². The Morgan fingerprint density at radius 1 is 1.39 bits per heavy atom. The van der Waals surface area contributed by atoms with E-state index in [9.17, 15) is 14.0 Å². The molecule has 28 heavy (non-hydrogen) atoms. The summed E-state index contributed by atoms with van der Waals surface area (Å²) in [6.45, 7) is 5.58. The molecule has 146 valence electrons. The summed E-state index contributed by atoms with van der Waals surface area (Å²) in [4.78, 5) is 34.9. The van der Waals surface area contributed by atoms with Gasteiger partial charge >= 0.3 is 6.03 Å². The van der Waals surface area contributed by atoms with Crippen LogP contribution < -0.4 is 10.6 Å². The second kappa shape index (κ2) is 6.83. The molecule has 3 amide bonds. The first-order chi connectivity index (χ1) is 13.4. The van der Waals surface area contributed by atoms with Gasteiger partial charge in [-0.1, -0.05) is 13.8 Å². The van der Waals surface area contributed by atoms with Gasteiger partial charge in [-0.15, -0.1) is 0 Å². The Hall–Kier alpha value is -3.07. The average Bonchev–Trinajstić information content (AvgIpc) is 3.39. The number of amides is 3. The average molecular weight is 385 g/mol. The van der Waals surface area contributed by atoms with E-state index in [1.54, 1.807) is 12.4 Å². The zero-order valence-corrected chi connectivity index (χ0v) is 15.6. The number of pyridine rings is 2. The molecule has 2 aliphatic heterocycles. The van der Waals surface area contributed by atoms with Gasteiger partial charge in [0.1, 0.15) is 12.1 Å². The maximum atomic E-state index is 13.3. The van der Waals surface area contributed by atoms with E-state index in [0.717, 1.165) is 17.2 Å². The third-order valence-electron chi connectivity index (χ3n) is 4.88. The second-order valence-corrected chi connectivity index (χ2v) is 7.25. The van der Waals surface area contributed by atoms with E-state index in [1.807, 2.05) is 20.8 Å². The smallest absolute Gasteiger partial charge is 0.324 e. The van der Waals surface area contributed by atoms with E-state index in [4.69, 9.17) is 4.74 Å². The number of aryl methyl sites for hydroxylation is 1. The van der Waals surface area contributed by atoms with E-state index >= 15 is 0 Å². The lowest BCUT2D eigenvalue weighted by Crippen LogP contribution is -2.52. The molecule has 2 aliphatic rings. The molecule has 0 aliphatic carbocycles. The Labute approximate surface area is 161 Å². The zero-order chi connectivity index (χ0) is 20.0. The molecule has 0 bridgehead atoms. The van der Waals surface area contributed by atoms with Gasteiger partial charge in [-0.25, -0.2) is 9.78 Å². The third-order valence-corrected chi connectivity index (χ3v) is 4.88. The van der Waals surface area contributed by atoms with E-state index in [2.05, 4.69) is 20.6 Å². The van der Waals surface area contributed by atoms with Crippen LogP contribution in [0.2, 0.25) is 0 Å². The summed E-state index contributed by atoms with van der Waals surface area (Å²) in [5.41, 5.74) is 2.63. The first-order valence-corrected chi connectivity index (χ1v) is 8.98. The standard InChI is InChI=1S/C19H20FN5O3/c1-9(2)15(17(26)23-11-4-5-22-13(20)6-11)25-18-16(28-18)14-10(3)7-21-8-12(14)24-19(25)27/h4-9,15-16,18H,1-3H3,(H,24,27)(H,22,23,26)/t15-,16?,18?/m0/s1. The highest BCUT2D eigenvalue weighted by molar-refractivity contribution is 6.00. The molecule has 4 heterocycles. The molecular weight excluding hydrogens is 365 g/mol. The van der Waals surface area contributed by atoms with Gasteiger partial charge in [0.05, 0.1) is 11.9 Å². The molecule has 1 saturated heterocycles. The van der Waals surface area contributed by atoms with Crippen LogP contribution in [-0.4, -0.2) is 39.1 Å². The lowest BCUT2D eigenvalue weighted by Gasteiger charge is -2.31. The number of urea groups is 1. The van der Waals surface area contributed by atoms with Gasteiger partial charge in [0.2, 0.25) is 11.9 Å². The van der Waals surface area contributed by atoms with Crippen molar-refractivity contribution < 1.29 is 18.7 Å². The summed E-state index contributed by atoms with van der Waals surface area (Å²) in [6, 6.07) is 1.36. The number of halogens is 1. The minimum atomic E-state index is -0.811. The zero-order valence-electron chi connectivity index (χ0n) is 15.6. The summed E-state index contributed by atoms with van der Waals surface area (Å²) in [7, 11) is 0. The predicted octanol–water partition coefficient (Wildman–Crippen LogP) is 2.83. The number of carbonyl (C=O) groups is 2. The fraction of sp³-hybridized carbons (Fsp3) is 0.368. The van der Waals surface area contributed by atoms with E-state index < -0.39 is 30.2 Å². The lowest BCUT2D eigenvalue weighted by atomic mass is 10.0. The molecule has 2 unspecified atom stereocenters. The highest BCUT2D eigenvalue weighted by atomic mass is 19.1. The Morgan fingerprint density at radius 2 is 2.18 bits per heavy atom. The second-order valence-electron chi connectivity index (χ2n) is 7.25. The van der Waals surface area contributed by atoms with Crippen molar-refractivity contribution in [2.24, 2.45) is 5.92 Å². The van der Waals surface area contributed by atoms with Crippen LogP contribution in [-0.2, 0) is 9.53 Å². The maximum Gasteiger partial charge on any atom is 0.324 e. The molecule has 9 heteroatoms. The number of hydrogen-bond donors (Lipinski definition) is 2. The largest absolute Gasteiger partial charge is 0.342 e. The SMILES string of the molecule is Cc1cncc2c1C1OC1N([C@H](C(=O)Nc1ccnc(F)c1)C(C)C)C(=O)N2. The van der Waals surface area contributed by atoms with Crippen LogP contribution in [0.1, 0.15) is 31.1 Å². The summed E-state index contributed by atoms with van der Waals surface area (Å²) in [5.74, 6) is -1.33. The summed E-state index contributed by atoms with van der Waals surface area (Å²) < 4.78 is 19.1. The molecule has 4 rings (SSSR count). The van der Waals surface area contributed by atoms with Crippen molar-refractivity contribution in [3.8, 4) is 0 Å². The van der Waals surface area contributed by atoms with Crippen molar-refractivity contribution >= 4 is 23.3 Å². The molecule has 2 N–H and O–H groups in total. The minimum absolute atomic E-state index is 0.206. The van der Waals surface area contributed by atoms with Gasteiger partial charge in [0.15, 0.2) is 6.23 Å². The van der Waals surface area contributed by atoms with Crippen LogP contribution in [0.5, 0.6) is 0 Å². The van der Waals surface area contributed by atoms with Crippen LogP contribution >= 0.6 is 0 Å². The quantitative estimate of drug-likeness (QED) is 0.623. The monoisotopic (exact) mass is 385 g/mol. The number of hydrogen-bond acceptors (Lipinski definition) is 5. The van der Waals surface area contributed by atoms with Crippen LogP contribution in [0.4, 0.5) is 20.6 Å². The molecule has 2 aromatic rings. The third kappa shape index (κ3) is 3.18. The van der Waals surface area contributed by atoms with Gasteiger partial charge in [0, 0.05) is 29.7 Å². The Balaban J connectivity index is 1.63. The van der Waals surface area contributed by atoms with Crippen molar-refractivity contribution in [2.45, 2.75) is 39.1 Å². The predicted molar refractivity (Wildman–Crippen MR) is 98.9 cm³/mol. The van der Waals surface area contributed by atoms with Crippen molar-refractivity contribution in [3.63, 3.8) is 0 Å². The Morgan fingerprint density at radius 3 is 2.89 bits per heavy atom. The van der Waals surface area contributed by atoms with E-state index in [1.165, 1.54) is 17.2 Å². The number of rotatable bonds is 4. The molecule has 1 fully saturated rings. The van der Waals surface area contributed by atoms with Crippen LogP contribution in [0.3, 0.4) is 0 Å². The topological polar surface area (TPSA) is 99.8 Å². The van der Waals surface area contributed by atoms with Crippen LogP contribution in [0, 0.1) is 18.8 Å². The van der Waals surface area contributed by atoms with Crippen LogP contribution in [0.25, 0.3) is 0 Å². The molecule has 8 nitrogen and oxygen atoms in total. The van der Waals surface area contributed by atoms with E-state index in [0.29, 0.717) is 5.69 Å². The number of carbonyl (C=O) groups excluding carboxylic acids is 2. The normalized spacial score (nSPS) is 21.3. The number of epoxide rings is 1. The van der Waals surface area contributed by atoms with Crippen LogP contribution in [0.15, 0.2) is 30.7 Å². The first kappa shape index (κ1) is 18.3. The molecule has 0 spiro atoms. The van der Waals surface area contributed by atoms with Crippen molar-refractivity contribution in [3.05, 3.63) is 47.8 Å². The number of nitrogens with one attached hydrogen (secondary N) is 2. The van der Waals surface area contributed by atoms with Gasteiger partial charge < -0.3 is 15.4 Å². The summed E-state index contributed by atoms with van der Waals surface area (Å²) in [5, 5.41) is 5.50. The number of fused-ring (bicyclic) bond motifs is 3. The van der Waals surface area contributed by atoms with Crippen molar-refractivity contribution in [1.82, 2.24) is 14.9 Å². The molecule has 0 aromatic carbocycles. The Kier molecular flexibility index (Phi) is 4.46. The number of anilines is 2. The fourth-order valence-corrected chi connectivity index (χ4v) is 3.61. The van der Waals surface area contributed by atoms with E-state index in [-0.39, 0.29) is 17.7 Å².